The third-order valence-corrected chi connectivity index (χ3v) is 5.79. The van der Waals surface area contributed by atoms with Crippen LogP contribution in [0, 0.1) is 0 Å². The van der Waals surface area contributed by atoms with Crippen LogP contribution >= 0.6 is 12.2 Å². The van der Waals surface area contributed by atoms with E-state index in [1.807, 2.05) is 30.1 Å². The largest absolute Gasteiger partial charge is 0.362 e. The molecule has 1 aromatic rings. The van der Waals surface area contributed by atoms with Crippen molar-refractivity contribution in [1.82, 2.24) is 10.2 Å². The molecular weight excluding hydrogens is 292 g/mol. The first kappa shape index (κ1) is 15.3. The number of hydrogen-bond acceptors (Lipinski definition) is 3. The number of sulfone groups is 1. The van der Waals surface area contributed by atoms with Crippen LogP contribution in [0.4, 0.5) is 0 Å². The van der Waals surface area contributed by atoms with Crippen LogP contribution in [0.15, 0.2) is 30.3 Å². The van der Waals surface area contributed by atoms with E-state index in [-0.39, 0.29) is 17.5 Å². The van der Waals surface area contributed by atoms with Gasteiger partial charge in [0, 0.05) is 19.6 Å². The second-order valence-electron chi connectivity index (χ2n) is 5.14. The maximum Gasteiger partial charge on any atom is 0.168 e. The predicted molar refractivity (Wildman–Crippen MR) is 85.6 cm³/mol. The summed E-state index contributed by atoms with van der Waals surface area (Å²) >= 11 is 5.32. The maximum atomic E-state index is 11.5. The summed E-state index contributed by atoms with van der Waals surface area (Å²) in [4.78, 5) is 1.88. The molecule has 1 aliphatic rings. The van der Waals surface area contributed by atoms with Gasteiger partial charge in [0.2, 0.25) is 0 Å². The van der Waals surface area contributed by atoms with Crippen molar-refractivity contribution >= 4 is 27.2 Å². The van der Waals surface area contributed by atoms with E-state index < -0.39 is 9.84 Å². The number of nitrogens with zero attached hydrogens (tertiary/aromatic N) is 1. The quantitative estimate of drug-likeness (QED) is 0.847. The van der Waals surface area contributed by atoms with E-state index in [9.17, 15) is 8.42 Å². The Bertz CT molecular complexity index is 558. The van der Waals surface area contributed by atoms with Gasteiger partial charge in [0.15, 0.2) is 14.9 Å². The monoisotopic (exact) mass is 312 g/mol. The van der Waals surface area contributed by atoms with Crippen LogP contribution in [0.2, 0.25) is 0 Å². The molecule has 0 aromatic heterocycles. The molecule has 0 bridgehead atoms. The minimum absolute atomic E-state index is 0.0109. The lowest BCUT2D eigenvalue weighted by molar-refractivity contribution is 0.390. The Kier molecular flexibility index (Phi) is 4.99. The van der Waals surface area contributed by atoms with Crippen molar-refractivity contribution in [2.45, 2.75) is 18.9 Å². The zero-order valence-corrected chi connectivity index (χ0v) is 13.2. The van der Waals surface area contributed by atoms with Crippen molar-refractivity contribution in [2.75, 3.05) is 25.1 Å². The van der Waals surface area contributed by atoms with E-state index >= 15 is 0 Å². The molecule has 1 atom stereocenters. The normalized spacial score (nSPS) is 20.6. The molecule has 1 fully saturated rings. The van der Waals surface area contributed by atoms with Crippen LogP contribution < -0.4 is 5.32 Å². The predicted octanol–water partition coefficient (Wildman–Crippen LogP) is 1.22. The first-order chi connectivity index (χ1) is 9.48. The van der Waals surface area contributed by atoms with E-state index in [4.69, 9.17) is 12.2 Å². The van der Waals surface area contributed by atoms with Gasteiger partial charge in [-0.3, -0.25) is 0 Å². The molecule has 0 radical (unpaired) electrons. The minimum atomic E-state index is -2.87. The van der Waals surface area contributed by atoms with Crippen LogP contribution in [0.3, 0.4) is 0 Å². The lowest BCUT2D eigenvalue weighted by Gasteiger charge is -2.26. The topological polar surface area (TPSA) is 49.4 Å². The van der Waals surface area contributed by atoms with Gasteiger partial charge < -0.3 is 10.2 Å². The van der Waals surface area contributed by atoms with Gasteiger partial charge in [-0.2, -0.15) is 0 Å². The highest BCUT2D eigenvalue weighted by molar-refractivity contribution is 7.91. The fraction of sp³-hybridized carbons (Fsp3) is 0.500. The van der Waals surface area contributed by atoms with Gasteiger partial charge in [-0.15, -0.1) is 0 Å². The van der Waals surface area contributed by atoms with E-state index in [0.29, 0.717) is 11.5 Å². The molecule has 1 saturated heterocycles. The summed E-state index contributed by atoms with van der Waals surface area (Å²) in [5.41, 5.74) is 1.26. The van der Waals surface area contributed by atoms with Crippen LogP contribution in [-0.2, 0) is 16.3 Å². The number of rotatable bonds is 4. The Morgan fingerprint density at radius 1 is 1.40 bits per heavy atom. The minimum Gasteiger partial charge on any atom is -0.362 e. The first-order valence-electron chi connectivity index (χ1n) is 6.73. The Balaban J connectivity index is 1.77. The summed E-state index contributed by atoms with van der Waals surface area (Å²) in [6.07, 6.45) is 1.57. The van der Waals surface area contributed by atoms with Crippen molar-refractivity contribution in [3.8, 4) is 0 Å². The van der Waals surface area contributed by atoms with Crippen molar-refractivity contribution in [2.24, 2.45) is 0 Å². The highest BCUT2D eigenvalue weighted by Gasteiger charge is 2.31. The standard InChI is InChI=1S/C14H20N2O2S2/c1-16(13-8-10-20(17,18)11-13)14(19)15-9-7-12-5-3-2-4-6-12/h2-6,13H,7-11H2,1H3,(H,15,19)/t13-/m1/s1. The molecule has 0 aliphatic carbocycles. The van der Waals surface area contributed by atoms with Crippen LogP contribution in [0.5, 0.6) is 0 Å². The van der Waals surface area contributed by atoms with Gasteiger partial charge in [0.25, 0.3) is 0 Å². The molecule has 1 N–H and O–H groups in total. The Morgan fingerprint density at radius 3 is 2.70 bits per heavy atom. The maximum absolute atomic E-state index is 11.5. The van der Waals surface area contributed by atoms with Gasteiger partial charge in [-0.25, -0.2) is 8.42 Å². The molecule has 4 nitrogen and oxygen atoms in total. The van der Waals surface area contributed by atoms with Crippen molar-refractivity contribution in [3.63, 3.8) is 0 Å². The molecule has 1 aromatic carbocycles. The Hall–Kier alpha value is -1.14. The fourth-order valence-electron chi connectivity index (χ4n) is 2.33. The van der Waals surface area contributed by atoms with Gasteiger partial charge >= 0.3 is 0 Å². The molecule has 110 valence electrons. The summed E-state index contributed by atoms with van der Waals surface area (Å²) in [5, 5.41) is 3.83. The Morgan fingerprint density at radius 2 is 2.10 bits per heavy atom. The summed E-state index contributed by atoms with van der Waals surface area (Å²) in [5.74, 6) is 0.485. The van der Waals surface area contributed by atoms with Crippen molar-refractivity contribution < 1.29 is 8.42 Å². The highest BCUT2D eigenvalue weighted by atomic mass is 32.2. The summed E-state index contributed by atoms with van der Waals surface area (Å²) in [6, 6.07) is 10.2. The molecule has 0 amide bonds. The highest BCUT2D eigenvalue weighted by Crippen LogP contribution is 2.16. The molecule has 2 rings (SSSR count). The molecule has 1 aliphatic heterocycles. The summed E-state index contributed by atoms with van der Waals surface area (Å²) in [7, 11) is -1.00. The fourth-order valence-corrected chi connectivity index (χ4v) is 4.36. The molecule has 0 saturated carbocycles. The second-order valence-corrected chi connectivity index (χ2v) is 7.75. The van der Waals surface area contributed by atoms with Gasteiger partial charge in [-0.1, -0.05) is 30.3 Å². The zero-order chi connectivity index (χ0) is 14.6. The van der Waals surface area contributed by atoms with Gasteiger partial charge in [0.1, 0.15) is 0 Å². The molecule has 1 heterocycles. The average molecular weight is 312 g/mol. The van der Waals surface area contributed by atoms with E-state index in [1.54, 1.807) is 0 Å². The van der Waals surface area contributed by atoms with E-state index in [0.717, 1.165) is 13.0 Å². The van der Waals surface area contributed by atoms with Crippen molar-refractivity contribution in [3.05, 3.63) is 35.9 Å². The van der Waals surface area contributed by atoms with Crippen molar-refractivity contribution in [1.29, 1.82) is 0 Å². The zero-order valence-electron chi connectivity index (χ0n) is 11.6. The molecule has 6 heteroatoms. The summed E-state index contributed by atoms with van der Waals surface area (Å²) in [6.45, 7) is 0.757. The van der Waals surface area contributed by atoms with Crippen LogP contribution in [0.1, 0.15) is 12.0 Å². The number of thiocarbonyl (C=S) groups is 1. The smallest absolute Gasteiger partial charge is 0.168 e. The Labute approximate surface area is 126 Å². The second kappa shape index (κ2) is 6.54. The lowest BCUT2D eigenvalue weighted by Crippen LogP contribution is -2.44. The van der Waals surface area contributed by atoms with Crippen LogP contribution in [0.25, 0.3) is 0 Å². The molecule has 0 spiro atoms. The third-order valence-electron chi connectivity index (χ3n) is 3.61. The SMILES string of the molecule is CN(C(=S)NCCc1ccccc1)[C@@H]1CCS(=O)(=O)C1. The summed E-state index contributed by atoms with van der Waals surface area (Å²) < 4.78 is 23.0. The molecular formula is C14H20N2O2S2. The van der Waals surface area contributed by atoms with Crippen LogP contribution in [-0.4, -0.2) is 49.6 Å². The van der Waals surface area contributed by atoms with E-state index in [1.165, 1.54) is 5.56 Å². The average Bonchev–Trinajstić information content (AvgIpc) is 2.79. The van der Waals surface area contributed by atoms with Gasteiger partial charge in [-0.05, 0) is 30.6 Å². The molecule has 20 heavy (non-hydrogen) atoms. The number of hydrogen-bond donors (Lipinski definition) is 1. The first-order valence-corrected chi connectivity index (χ1v) is 8.96. The number of benzene rings is 1. The van der Waals surface area contributed by atoms with E-state index in [2.05, 4.69) is 17.4 Å². The number of nitrogens with one attached hydrogen (secondary N) is 1. The molecule has 0 unspecified atom stereocenters. The van der Waals surface area contributed by atoms with Gasteiger partial charge in [0.05, 0.1) is 11.5 Å². The third kappa shape index (κ3) is 4.18. The lowest BCUT2D eigenvalue weighted by atomic mass is 10.1.